The van der Waals surface area contributed by atoms with E-state index in [1.54, 1.807) is 0 Å². The Bertz CT molecular complexity index is 234. The van der Waals surface area contributed by atoms with Crippen LogP contribution in [0.5, 0.6) is 0 Å². The molecule has 0 aromatic carbocycles. The zero-order valence-electron chi connectivity index (χ0n) is 9.38. The van der Waals surface area contributed by atoms with Crippen LogP contribution in [0.3, 0.4) is 0 Å². The van der Waals surface area contributed by atoms with Gasteiger partial charge in [0.15, 0.2) is 0 Å². The molecule has 2 nitrogen and oxygen atoms in total. The Balaban J connectivity index is 1.84. The quantitative estimate of drug-likeness (QED) is 0.672. The van der Waals surface area contributed by atoms with Crippen molar-refractivity contribution < 1.29 is 4.79 Å². The fraction of sp³-hybridized carbons (Fsp3) is 0.917. The molecule has 1 atom stereocenters. The largest absolute Gasteiger partial charge is 0.302 e. The average Bonchev–Trinajstić information content (AvgIpc) is 2.61. The summed E-state index contributed by atoms with van der Waals surface area (Å²) in [5, 5.41) is 0. The number of rotatable bonds is 2. The van der Waals surface area contributed by atoms with Crippen molar-refractivity contribution in [3.8, 4) is 0 Å². The Labute approximate surface area is 86.7 Å². The molecule has 2 fully saturated rings. The molecule has 2 aliphatic rings. The molecule has 0 spiro atoms. The Kier molecular flexibility index (Phi) is 2.65. The maximum Gasteiger partial charge on any atom is 0.137 e. The molecule has 0 aromatic rings. The third-order valence-corrected chi connectivity index (χ3v) is 3.67. The molecule has 80 valence electrons. The third kappa shape index (κ3) is 2.17. The summed E-state index contributed by atoms with van der Waals surface area (Å²) in [7, 11) is 0. The molecule has 2 rings (SSSR count). The van der Waals surface area contributed by atoms with Crippen LogP contribution in [0.4, 0.5) is 0 Å². The van der Waals surface area contributed by atoms with Gasteiger partial charge in [-0.1, -0.05) is 13.8 Å². The van der Waals surface area contributed by atoms with Crippen LogP contribution >= 0.6 is 0 Å². The summed E-state index contributed by atoms with van der Waals surface area (Å²) in [6, 6.07) is 0. The van der Waals surface area contributed by atoms with Crippen LogP contribution in [0.15, 0.2) is 0 Å². The van der Waals surface area contributed by atoms with E-state index in [1.165, 1.54) is 19.5 Å². The number of likely N-dealkylation sites (tertiary alicyclic amines) is 1. The molecule has 0 aromatic heterocycles. The number of carbonyl (C=O) groups excluding carboxylic acids is 1. The number of Topliss-reactive ketones (excluding diaryl/α,β-unsaturated/α-hetero) is 1. The van der Waals surface area contributed by atoms with Crippen molar-refractivity contribution in [1.29, 1.82) is 0 Å². The molecule has 1 saturated carbocycles. The van der Waals surface area contributed by atoms with Gasteiger partial charge in [-0.2, -0.15) is 0 Å². The second-order valence-corrected chi connectivity index (χ2v) is 5.70. The zero-order valence-corrected chi connectivity index (χ0v) is 9.38. The zero-order chi connectivity index (χ0) is 10.2. The molecule has 14 heavy (non-hydrogen) atoms. The van der Waals surface area contributed by atoms with Gasteiger partial charge in [-0.25, -0.2) is 0 Å². The Morgan fingerprint density at radius 3 is 2.79 bits per heavy atom. The maximum absolute atomic E-state index is 11.5. The summed E-state index contributed by atoms with van der Waals surface area (Å²) in [4.78, 5) is 14.0. The lowest BCUT2D eigenvalue weighted by Gasteiger charge is -2.21. The summed E-state index contributed by atoms with van der Waals surface area (Å²) in [5.41, 5.74) is 0.474. The van der Waals surface area contributed by atoms with E-state index in [0.717, 1.165) is 25.8 Å². The first kappa shape index (κ1) is 10.2. The summed E-state index contributed by atoms with van der Waals surface area (Å²) in [6.45, 7) is 8.04. The minimum Gasteiger partial charge on any atom is -0.302 e. The second-order valence-electron chi connectivity index (χ2n) is 5.70. The Hall–Kier alpha value is -0.370. The Morgan fingerprint density at radius 2 is 2.29 bits per heavy atom. The Morgan fingerprint density at radius 1 is 1.50 bits per heavy atom. The highest BCUT2D eigenvalue weighted by Gasteiger charge is 2.33. The molecule has 0 N–H and O–H groups in total. The van der Waals surface area contributed by atoms with Crippen molar-refractivity contribution in [3.05, 3.63) is 0 Å². The molecule has 2 heteroatoms. The first-order valence-corrected chi connectivity index (χ1v) is 5.82. The predicted molar refractivity (Wildman–Crippen MR) is 57.2 cm³/mol. The van der Waals surface area contributed by atoms with Crippen LogP contribution in [0.25, 0.3) is 0 Å². The van der Waals surface area contributed by atoms with Crippen LogP contribution < -0.4 is 0 Å². The van der Waals surface area contributed by atoms with Gasteiger partial charge in [-0.05, 0) is 31.2 Å². The first-order chi connectivity index (χ1) is 6.57. The summed E-state index contributed by atoms with van der Waals surface area (Å²) >= 11 is 0. The van der Waals surface area contributed by atoms with Gasteiger partial charge < -0.3 is 4.90 Å². The smallest absolute Gasteiger partial charge is 0.137 e. The minimum absolute atomic E-state index is 0.365. The lowest BCUT2D eigenvalue weighted by molar-refractivity contribution is -0.121. The van der Waals surface area contributed by atoms with Gasteiger partial charge in [0.2, 0.25) is 0 Å². The van der Waals surface area contributed by atoms with Gasteiger partial charge in [0.25, 0.3) is 0 Å². The van der Waals surface area contributed by atoms with Crippen LogP contribution in [-0.2, 0) is 4.79 Å². The number of hydrogen-bond acceptors (Lipinski definition) is 2. The molecular formula is C12H21NO. The van der Waals surface area contributed by atoms with Crippen LogP contribution in [0.1, 0.15) is 39.5 Å². The highest BCUT2D eigenvalue weighted by atomic mass is 16.1. The van der Waals surface area contributed by atoms with Gasteiger partial charge >= 0.3 is 0 Å². The summed E-state index contributed by atoms with van der Waals surface area (Å²) in [6.07, 6.45) is 4.38. The first-order valence-electron chi connectivity index (χ1n) is 5.82. The molecule has 1 saturated heterocycles. The molecule has 0 amide bonds. The van der Waals surface area contributed by atoms with Crippen LogP contribution in [0, 0.1) is 11.3 Å². The fourth-order valence-corrected chi connectivity index (χ4v) is 2.77. The van der Waals surface area contributed by atoms with Crippen molar-refractivity contribution >= 4 is 5.78 Å². The van der Waals surface area contributed by atoms with E-state index < -0.39 is 0 Å². The average molecular weight is 195 g/mol. The van der Waals surface area contributed by atoms with Crippen molar-refractivity contribution in [2.75, 3.05) is 19.6 Å². The van der Waals surface area contributed by atoms with E-state index in [9.17, 15) is 4.79 Å². The second kappa shape index (κ2) is 3.65. The molecule has 1 heterocycles. The fourth-order valence-electron chi connectivity index (χ4n) is 2.77. The van der Waals surface area contributed by atoms with Crippen molar-refractivity contribution in [3.63, 3.8) is 0 Å². The predicted octanol–water partition coefficient (Wildman–Crippen LogP) is 2.09. The monoisotopic (exact) mass is 195 g/mol. The topological polar surface area (TPSA) is 20.3 Å². The standard InChI is InChI=1S/C12H21NO/c1-12(2)6-7-13(9-12)8-10-4-3-5-11(10)14/h10H,3-9H2,1-2H3. The minimum atomic E-state index is 0.365. The number of nitrogens with zero attached hydrogens (tertiary/aromatic N) is 1. The van der Waals surface area contributed by atoms with Crippen LogP contribution in [-0.4, -0.2) is 30.3 Å². The van der Waals surface area contributed by atoms with Crippen molar-refractivity contribution in [2.45, 2.75) is 39.5 Å². The van der Waals surface area contributed by atoms with Gasteiger partial charge in [-0.3, -0.25) is 4.79 Å². The SMILES string of the molecule is CC1(C)CCN(CC2CCCC2=O)C1. The highest BCUT2D eigenvalue weighted by Crippen LogP contribution is 2.31. The summed E-state index contributed by atoms with van der Waals surface area (Å²) < 4.78 is 0. The lowest BCUT2D eigenvalue weighted by atomic mass is 9.93. The molecule has 1 unspecified atom stereocenters. The summed E-state index contributed by atoms with van der Waals surface area (Å²) in [5.74, 6) is 0.874. The van der Waals surface area contributed by atoms with Crippen molar-refractivity contribution in [1.82, 2.24) is 4.90 Å². The third-order valence-electron chi connectivity index (χ3n) is 3.67. The van der Waals surface area contributed by atoms with Gasteiger partial charge in [0.1, 0.15) is 5.78 Å². The van der Waals surface area contributed by atoms with E-state index in [2.05, 4.69) is 18.7 Å². The van der Waals surface area contributed by atoms with Gasteiger partial charge in [-0.15, -0.1) is 0 Å². The molecular weight excluding hydrogens is 174 g/mol. The molecule has 0 radical (unpaired) electrons. The number of ketones is 1. The lowest BCUT2D eigenvalue weighted by Crippen LogP contribution is -2.30. The van der Waals surface area contributed by atoms with Crippen LogP contribution in [0.2, 0.25) is 0 Å². The van der Waals surface area contributed by atoms with Gasteiger partial charge in [0.05, 0.1) is 0 Å². The van der Waals surface area contributed by atoms with E-state index in [1.807, 2.05) is 0 Å². The molecule has 1 aliphatic heterocycles. The van der Waals surface area contributed by atoms with Crippen molar-refractivity contribution in [2.24, 2.45) is 11.3 Å². The molecule has 0 bridgehead atoms. The normalized spacial score (nSPS) is 32.7. The maximum atomic E-state index is 11.5. The molecule has 1 aliphatic carbocycles. The number of carbonyl (C=O) groups is 1. The van der Waals surface area contributed by atoms with E-state index in [-0.39, 0.29) is 0 Å². The van der Waals surface area contributed by atoms with E-state index >= 15 is 0 Å². The van der Waals surface area contributed by atoms with Gasteiger partial charge in [0, 0.05) is 25.4 Å². The highest BCUT2D eigenvalue weighted by molar-refractivity contribution is 5.83. The van der Waals surface area contributed by atoms with E-state index in [0.29, 0.717) is 17.1 Å². The van der Waals surface area contributed by atoms with E-state index in [4.69, 9.17) is 0 Å². The number of hydrogen-bond donors (Lipinski definition) is 0.